The van der Waals surface area contributed by atoms with E-state index in [0.29, 0.717) is 5.56 Å². The van der Waals surface area contributed by atoms with Gasteiger partial charge in [0.25, 0.3) is 0 Å². The van der Waals surface area contributed by atoms with Crippen molar-refractivity contribution in [1.29, 1.82) is 0 Å². The number of hydrogen-bond donors (Lipinski definition) is 2. The molecule has 1 amide bonds. The molecule has 0 fully saturated rings. The second-order valence-corrected chi connectivity index (χ2v) is 15.8. The summed E-state index contributed by atoms with van der Waals surface area (Å²) >= 11 is 0. The Morgan fingerprint density at radius 1 is 0.579 bits per heavy atom. The molecule has 0 saturated carbocycles. The fraction of sp³-hybridized carbons (Fsp3) is 0.349. The number of hydrogen-bond acceptors (Lipinski definition) is 11. The molecule has 0 spiro atoms. The zero-order chi connectivity index (χ0) is 40.9. The van der Waals surface area contributed by atoms with Crippen molar-refractivity contribution in [3.8, 4) is 0 Å². The maximum Gasteiger partial charge on any atom is 0.408 e. The van der Waals surface area contributed by atoms with E-state index in [-0.39, 0.29) is 58.7 Å². The minimum atomic E-state index is -4.34. The van der Waals surface area contributed by atoms with Crippen LogP contribution in [0.1, 0.15) is 68.7 Å². The Morgan fingerprint density at radius 3 is 1.49 bits per heavy atom. The van der Waals surface area contributed by atoms with Crippen molar-refractivity contribution in [3.63, 3.8) is 0 Å². The SMILES string of the molecule is CC(C)(C)OC(=O)N[C@@H](CCCOP(=O)(N[C@@H](CCC(=O)OCc1ccccc1)C(=O)OCc1ccccc1)OCc1ccccc1)C(=O)OCc1ccccc1. The highest BCUT2D eigenvalue weighted by atomic mass is 31.2. The molecular formula is C43H51N2O11P. The Labute approximate surface area is 333 Å². The number of benzene rings is 4. The number of ether oxygens (including phenoxy) is 4. The lowest BCUT2D eigenvalue weighted by atomic mass is 10.1. The predicted octanol–water partition coefficient (Wildman–Crippen LogP) is 7.97. The second-order valence-electron chi connectivity index (χ2n) is 14.0. The first-order valence-corrected chi connectivity index (χ1v) is 20.2. The van der Waals surface area contributed by atoms with Gasteiger partial charge in [0.1, 0.15) is 37.5 Å². The Balaban J connectivity index is 1.46. The number of carbonyl (C=O) groups excluding carboxylic acids is 4. The average molecular weight is 803 g/mol. The maximum absolute atomic E-state index is 14.4. The molecule has 4 rings (SSSR count). The molecule has 304 valence electrons. The van der Waals surface area contributed by atoms with E-state index >= 15 is 0 Å². The van der Waals surface area contributed by atoms with Gasteiger partial charge in [-0.05, 0) is 62.3 Å². The Hall–Kier alpha value is -5.33. The van der Waals surface area contributed by atoms with Crippen LogP contribution >= 0.6 is 7.75 Å². The van der Waals surface area contributed by atoms with E-state index in [1.165, 1.54) is 0 Å². The highest BCUT2D eigenvalue weighted by Gasteiger charge is 2.34. The van der Waals surface area contributed by atoms with Crippen molar-refractivity contribution in [3.05, 3.63) is 144 Å². The predicted molar refractivity (Wildman–Crippen MR) is 212 cm³/mol. The van der Waals surface area contributed by atoms with Crippen LogP contribution in [0.5, 0.6) is 0 Å². The third-order valence-electron chi connectivity index (χ3n) is 8.04. The molecule has 13 nitrogen and oxygen atoms in total. The minimum absolute atomic E-state index is 0.0152. The summed E-state index contributed by atoms with van der Waals surface area (Å²) in [6, 6.07) is 33.7. The summed E-state index contributed by atoms with van der Waals surface area (Å²) in [4.78, 5) is 52.2. The molecule has 0 heterocycles. The smallest absolute Gasteiger partial charge is 0.408 e. The van der Waals surface area contributed by atoms with Gasteiger partial charge in [0, 0.05) is 6.42 Å². The number of nitrogens with one attached hydrogen (secondary N) is 2. The zero-order valence-electron chi connectivity index (χ0n) is 32.5. The fourth-order valence-electron chi connectivity index (χ4n) is 5.17. The van der Waals surface area contributed by atoms with Crippen molar-refractivity contribution < 1.29 is 51.7 Å². The van der Waals surface area contributed by atoms with Gasteiger partial charge in [-0.25, -0.2) is 19.2 Å². The van der Waals surface area contributed by atoms with Crippen molar-refractivity contribution in [2.75, 3.05) is 6.61 Å². The molecule has 14 heteroatoms. The van der Waals surface area contributed by atoms with E-state index < -0.39 is 49.4 Å². The maximum atomic E-state index is 14.4. The van der Waals surface area contributed by atoms with Crippen LogP contribution in [-0.4, -0.2) is 48.3 Å². The fourth-order valence-corrected chi connectivity index (χ4v) is 6.70. The molecule has 4 aromatic rings. The van der Waals surface area contributed by atoms with Crippen LogP contribution in [0.4, 0.5) is 4.79 Å². The lowest BCUT2D eigenvalue weighted by Gasteiger charge is -2.25. The van der Waals surface area contributed by atoms with Crippen molar-refractivity contribution in [2.24, 2.45) is 0 Å². The van der Waals surface area contributed by atoms with Crippen LogP contribution in [0, 0.1) is 0 Å². The summed E-state index contributed by atoms with van der Waals surface area (Å²) in [6.45, 7) is 4.66. The van der Waals surface area contributed by atoms with E-state index in [4.69, 9.17) is 28.0 Å². The summed E-state index contributed by atoms with van der Waals surface area (Å²) < 4.78 is 48.0. The van der Waals surface area contributed by atoms with Gasteiger partial charge in [-0.3, -0.25) is 18.6 Å². The first-order valence-electron chi connectivity index (χ1n) is 18.7. The molecule has 0 aliphatic carbocycles. The molecule has 0 radical (unpaired) electrons. The van der Waals surface area contributed by atoms with Gasteiger partial charge < -0.3 is 24.3 Å². The van der Waals surface area contributed by atoms with Crippen molar-refractivity contribution in [1.82, 2.24) is 10.4 Å². The van der Waals surface area contributed by atoms with Gasteiger partial charge in [0.05, 0.1) is 13.2 Å². The molecule has 0 aliphatic heterocycles. The number of esters is 3. The summed E-state index contributed by atoms with van der Waals surface area (Å²) in [6.07, 6.45) is -1.08. The van der Waals surface area contributed by atoms with Gasteiger partial charge >= 0.3 is 31.7 Å². The van der Waals surface area contributed by atoms with Crippen LogP contribution in [0.25, 0.3) is 0 Å². The molecule has 0 bridgehead atoms. The first-order chi connectivity index (χ1) is 27.4. The van der Waals surface area contributed by atoms with Crippen LogP contribution < -0.4 is 10.4 Å². The van der Waals surface area contributed by atoms with E-state index in [9.17, 15) is 23.7 Å². The summed E-state index contributed by atoms with van der Waals surface area (Å²) in [5.41, 5.74) is 2.14. The van der Waals surface area contributed by atoms with Gasteiger partial charge in [-0.1, -0.05) is 121 Å². The molecule has 0 aliphatic rings. The highest BCUT2D eigenvalue weighted by molar-refractivity contribution is 7.51. The Morgan fingerprint density at radius 2 is 1.02 bits per heavy atom. The molecule has 0 aromatic heterocycles. The summed E-state index contributed by atoms with van der Waals surface area (Å²) in [5, 5.41) is 5.29. The van der Waals surface area contributed by atoms with Gasteiger partial charge in [-0.2, -0.15) is 0 Å². The van der Waals surface area contributed by atoms with Crippen LogP contribution in [0.3, 0.4) is 0 Å². The highest BCUT2D eigenvalue weighted by Crippen LogP contribution is 2.46. The van der Waals surface area contributed by atoms with Gasteiger partial charge in [0.2, 0.25) is 0 Å². The minimum Gasteiger partial charge on any atom is -0.461 e. The lowest BCUT2D eigenvalue weighted by molar-refractivity contribution is -0.149. The number of alkyl carbamates (subject to hydrolysis) is 1. The largest absolute Gasteiger partial charge is 0.461 e. The third kappa shape index (κ3) is 17.6. The third-order valence-corrected chi connectivity index (χ3v) is 9.66. The molecule has 1 unspecified atom stereocenters. The van der Waals surface area contributed by atoms with Crippen LogP contribution in [-0.2, 0) is 73.4 Å². The quantitative estimate of drug-likeness (QED) is 0.0341. The van der Waals surface area contributed by atoms with Crippen molar-refractivity contribution >= 4 is 31.7 Å². The summed E-state index contributed by atoms with van der Waals surface area (Å²) in [5.74, 6) is -2.07. The van der Waals surface area contributed by atoms with Gasteiger partial charge in [0.15, 0.2) is 0 Å². The normalized spacial score (nSPS) is 13.3. The average Bonchev–Trinajstić information content (AvgIpc) is 3.21. The van der Waals surface area contributed by atoms with Crippen LogP contribution in [0.2, 0.25) is 0 Å². The molecule has 57 heavy (non-hydrogen) atoms. The summed E-state index contributed by atoms with van der Waals surface area (Å²) in [7, 11) is -4.34. The molecule has 3 atom stereocenters. The number of rotatable bonds is 22. The molecule has 4 aromatic carbocycles. The van der Waals surface area contributed by atoms with Crippen molar-refractivity contribution in [2.45, 2.75) is 90.6 Å². The Bertz CT molecular complexity index is 1880. The monoisotopic (exact) mass is 802 g/mol. The standard InChI is InChI=1S/C43H51N2O11P/c1-43(2,3)56-42(49)44-37(40(47)52-30-34-19-10-5-11-20-34)25-16-28-54-57(50,55-32-36-23-14-7-15-24-36)45-38(41(48)53-31-35-21-12-6-13-22-35)26-27-39(46)51-29-33-17-8-4-9-18-33/h4-15,17-24,37-38H,16,25-32H2,1-3H3,(H,44,49)(H,45,50)/t37-,38-,57?/m0/s1. The lowest BCUT2D eigenvalue weighted by Crippen LogP contribution is -2.44. The van der Waals surface area contributed by atoms with Crippen LogP contribution in [0.15, 0.2) is 121 Å². The zero-order valence-corrected chi connectivity index (χ0v) is 33.4. The molecular weight excluding hydrogens is 751 g/mol. The Kier molecular flexibility index (Phi) is 17.9. The topological polar surface area (TPSA) is 165 Å². The van der Waals surface area contributed by atoms with E-state index in [1.807, 2.05) is 60.7 Å². The molecule has 2 N–H and O–H groups in total. The van der Waals surface area contributed by atoms with Gasteiger partial charge in [-0.15, -0.1) is 0 Å². The first kappa shape index (κ1) is 44.4. The van der Waals surface area contributed by atoms with E-state index in [0.717, 1.165) is 16.7 Å². The van der Waals surface area contributed by atoms with E-state index in [1.54, 1.807) is 81.4 Å². The van der Waals surface area contributed by atoms with E-state index in [2.05, 4.69) is 10.4 Å². The number of carbonyl (C=O) groups is 4. The number of amides is 1. The molecule has 0 saturated heterocycles. The second kappa shape index (κ2) is 23.0.